The van der Waals surface area contributed by atoms with Crippen molar-refractivity contribution in [3.05, 3.63) is 39.3 Å². The Morgan fingerprint density at radius 2 is 2.17 bits per heavy atom. The average Bonchev–Trinajstić information content (AvgIpc) is 2.81. The first-order chi connectivity index (χ1) is 8.58. The molecule has 0 spiro atoms. The van der Waals surface area contributed by atoms with Crippen LogP contribution in [0.5, 0.6) is 0 Å². The minimum atomic E-state index is 0.198. The van der Waals surface area contributed by atoms with Crippen LogP contribution in [0.4, 0.5) is 11.4 Å². The molecule has 0 aliphatic heterocycles. The predicted octanol–water partition coefficient (Wildman–Crippen LogP) is 4.14. The summed E-state index contributed by atoms with van der Waals surface area (Å²) in [4.78, 5) is 6.44. The van der Waals surface area contributed by atoms with Crippen LogP contribution in [0, 0.1) is 0 Å². The van der Waals surface area contributed by atoms with Gasteiger partial charge in [-0.05, 0) is 25.1 Å². The van der Waals surface area contributed by atoms with Crippen molar-refractivity contribution >= 4 is 38.6 Å². The van der Waals surface area contributed by atoms with Crippen molar-refractivity contribution in [2.45, 2.75) is 13.0 Å². The highest BCUT2D eigenvalue weighted by molar-refractivity contribution is 9.10. The Kier molecular flexibility index (Phi) is 4.24. The van der Waals surface area contributed by atoms with Crippen molar-refractivity contribution in [1.29, 1.82) is 0 Å². The van der Waals surface area contributed by atoms with E-state index >= 15 is 0 Å². The van der Waals surface area contributed by atoms with Crippen molar-refractivity contribution in [1.82, 2.24) is 4.98 Å². The molecule has 1 heterocycles. The molecule has 2 aromatic rings. The maximum atomic E-state index is 4.34. The fourth-order valence-electron chi connectivity index (χ4n) is 1.76. The van der Waals surface area contributed by atoms with Crippen LogP contribution in [0.15, 0.2) is 33.6 Å². The Morgan fingerprint density at radius 1 is 1.39 bits per heavy atom. The zero-order valence-electron chi connectivity index (χ0n) is 10.6. The Balaban J connectivity index is 2.25. The molecule has 0 saturated carbocycles. The second-order valence-corrected chi connectivity index (χ2v) is 5.97. The van der Waals surface area contributed by atoms with Gasteiger partial charge < -0.3 is 10.2 Å². The first-order valence-corrected chi connectivity index (χ1v) is 7.43. The molecule has 96 valence electrons. The summed E-state index contributed by atoms with van der Waals surface area (Å²) < 4.78 is 1.07. The number of thiazole rings is 1. The van der Waals surface area contributed by atoms with Crippen molar-refractivity contribution in [3.8, 4) is 0 Å². The summed E-state index contributed by atoms with van der Waals surface area (Å²) in [6, 6.07) is 6.44. The van der Waals surface area contributed by atoms with E-state index in [0.29, 0.717) is 0 Å². The van der Waals surface area contributed by atoms with Crippen molar-refractivity contribution in [2.75, 3.05) is 24.3 Å². The summed E-state index contributed by atoms with van der Waals surface area (Å²) >= 11 is 5.13. The fraction of sp³-hybridized carbons (Fsp3) is 0.308. The van der Waals surface area contributed by atoms with E-state index in [1.54, 1.807) is 11.3 Å². The van der Waals surface area contributed by atoms with Crippen LogP contribution in [0.2, 0.25) is 0 Å². The molecule has 0 saturated heterocycles. The van der Waals surface area contributed by atoms with Crippen LogP contribution in [-0.4, -0.2) is 19.1 Å². The topological polar surface area (TPSA) is 28.2 Å². The second kappa shape index (κ2) is 5.71. The first kappa shape index (κ1) is 13.4. The summed E-state index contributed by atoms with van der Waals surface area (Å²) in [5, 5.41) is 5.58. The van der Waals surface area contributed by atoms with Gasteiger partial charge in [-0.2, -0.15) is 0 Å². The second-order valence-electron chi connectivity index (χ2n) is 4.34. The van der Waals surface area contributed by atoms with Gasteiger partial charge >= 0.3 is 0 Å². The number of aromatic nitrogens is 1. The number of hydrogen-bond donors (Lipinski definition) is 1. The molecule has 5 heteroatoms. The summed E-state index contributed by atoms with van der Waals surface area (Å²) in [6.45, 7) is 2.12. The molecule has 1 unspecified atom stereocenters. The maximum Gasteiger partial charge on any atom is 0.0795 e. The highest BCUT2D eigenvalue weighted by Crippen LogP contribution is 2.30. The Morgan fingerprint density at radius 3 is 2.78 bits per heavy atom. The van der Waals surface area contributed by atoms with Crippen LogP contribution in [0.25, 0.3) is 0 Å². The third-order valence-corrected chi connectivity index (χ3v) is 3.81. The number of halogens is 1. The molecule has 3 nitrogen and oxygen atoms in total. The van der Waals surface area contributed by atoms with Crippen LogP contribution in [0.1, 0.15) is 18.7 Å². The number of anilines is 2. The van der Waals surface area contributed by atoms with Gasteiger partial charge in [0.2, 0.25) is 0 Å². The zero-order chi connectivity index (χ0) is 13.1. The standard InChI is InChI=1S/C13H16BrN3S/c1-9(12-7-18-8-15-12)16-11-6-10(14)4-5-13(11)17(2)3/h4-9,16H,1-3H3. The van der Waals surface area contributed by atoms with Gasteiger partial charge in [0.05, 0.1) is 28.6 Å². The third kappa shape index (κ3) is 3.03. The van der Waals surface area contributed by atoms with E-state index in [4.69, 9.17) is 0 Å². The van der Waals surface area contributed by atoms with Crippen LogP contribution < -0.4 is 10.2 Å². The van der Waals surface area contributed by atoms with Gasteiger partial charge in [-0.25, -0.2) is 4.98 Å². The van der Waals surface area contributed by atoms with E-state index in [1.165, 1.54) is 5.69 Å². The predicted molar refractivity (Wildman–Crippen MR) is 82.6 cm³/mol. The number of nitrogens with zero attached hydrogens (tertiary/aromatic N) is 2. The molecule has 18 heavy (non-hydrogen) atoms. The molecule has 2 rings (SSSR count). The first-order valence-electron chi connectivity index (χ1n) is 5.69. The lowest BCUT2D eigenvalue weighted by Gasteiger charge is -2.21. The zero-order valence-corrected chi connectivity index (χ0v) is 13.0. The summed E-state index contributed by atoms with van der Waals surface area (Å²) in [6.07, 6.45) is 0. The number of rotatable bonds is 4. The van der Waals surface area contributed by atoms with Crippen molar-refractivity contribution < 1.29 is 0 Å². The smallest absolute Gasteiger partial charge is 0.0795 e. The Labute approximate surface area is 120 Å². The van der Waals surface area contributed by atoms with Gasteiger partial charge in [-0.15, -0.1) is 11.3 Å². The molecular weight excluding hydrogens is 310 g/mol. The number of hydrogen-bond acceptors (Lipinski definition) is 4. The highest BCUT2D eigenvalue weighted by Gasteiger charge is 2.11. The van der Waals surface area contributed by atoms with Gasteiger partial charge in [0.15, 0.2) is 0 Å². The minimum Gasteiger partial charge on any atom is -0.376 e. The third-order valence-electron chi connectivity index (χ3n) is 2.71. The van der Waals surface area contributed by atoms with Crippen molar-refractivity contribution in [3.63, 3.8) is 0 Å². The van der Waals surface area contributed by atoms with Gasteiger partial charge in [-0.1, -0.05) is 15.9 Å². The Bertz CT molecular complexity index is 511. The molecule has 0 fully saturated rings. The van der Waals surface area contributed by atoms with Crippen molar-refractivity contribution in [2.24, 2.45) is 0 Å². The molecule has 1 N–H and O–H groups in total. The maximum absolute atomic E-state index is 4.34. The van der Waals surface area contributed by atoms with E-state index in [2.05, 4.69) is 55.6 Å². The van der Waals surface area contributed by atoms with Crippen LogP contribution in [-0.2, 0) is 0 Å². The molecule has 1 atom stereocenters. The Hall–Kier alpha value is -1.07. The molecule has 0 aliphatic carbocycles. The molecule has 0 aliphatic rings. The van der Waals surface area contributed by atoms with Crippen LogP contribution in [0.3, 0.4) is 0 Å². The van der Waals surface area contributed by atoms with E-state index in [1.807, 2.05) is 25.7 Å². The minimum absolute atomic E-state index is 0.198. The number of nitrogens with one attached hydrogen (secondary N) is 1. The summed E-state index contributed by atoms with van der Waals surface area (Å²) in [7, 11) is 4.09. The largest absolute Gasteiger partial charge is 0.376 e. The SMILES string of the molecule is CC(Nc1cc(Br)ccc1N(C)C)c1cscn1. The summed E-state index contributed by atoms with van der Waals surface area (Å²) in [5.74, 6) is 0. The quantitative estimate of drug-likeness (QED) is 0.915. The van der Waals surface area contributed by atoms with E-state index in [-0.39, 0.29) is 6.04 Å². The normalized spacial score (nSPS) is 12.2. The fourth-order valence-corrected chi connectivity index (χ4v) is 2.77. The average molecular weight is 326 g/mol. The molecule has 0 bridgehead atoms. The molecule has 1 aromatic heterocycles. The molecule has 1 aromatic carbocycles. The molecule has 0 radical (unpaired) electrons. The highest BCUT2D eigenvalue weighted by atomic mass is 79.9. The monoisotopic (exact) mass is 325 g/mol. The van der Waals surface area contributed by atoms with Gasteiger partial charge in [0, 0.05) is 23.9 Å². The van der Waals surface area contributed by atoms with E-state index in [9.17, 15) is 0 Å². The molecule has 0 amide bonds. The van der Waals surface area contributed by atoms with E-state index in [0.717, 1.165) is 15.9 Å². The van der Waals surface area contributed by atoms with Gasteiger partial charge in [0.25, 0.3) is 0 Å². The van der Waals surface area contributed by atoms with Crippen LogP contribution >= 0.6 is 27.3 Å². The van der Waals surface area contributed by atoms with Gasteiger partial charge in [-0.3, -0.25) is 0 Å². The number of benzene rings is 1. The van der Waals surface area contributed by atoms with E-state index < -0.39 is 0 Å². The lowest BCUT2D eigenvalue weighted by molar-refractivity contribution is 0.849. The summed E-state index contributed by atoms with van der Waals surface area (Å²) in [5.41, 5.74) is 5.21. The molecular formula is C13H16BrN3S. The lowest BCUT2D eigenvalue weighted by atomic mass is 10.2. The van der Waals surface area contributed by atoms with Gasteiger partial charge in [0.1, 0.15) is 0 Å². The lowest BCUT2D eigenvalue weighted by Crippen LogP contribution is -2.14.